The smallest absolute Gasteiger partial charge is 0.244 e. The SMILES string of the molecule is CCc1cnc(CNS(=O)(=O)c2cc(Cl)cc(N)c2F)o1. The second kappa shape index (κ2) is 6.00. The number of nitrogens with zero attached hydrogens (tertiary/aromatic N) is 1. The first-order valence-corrected chi connectivity index (χ1v) is 7.87. The van der Waals surface area contributed by atoms with E-state index in [9.17, 15) is 12.8 Å². The molecule has 0 aliphatic rings. The topological polar surface area (TPSA) is 98.2 Å². The third-order valence-corrected chi connectivity index (χ3v) is 4.30. The van der Waals surface area contributed by atoms with Gasteiger partial charge in [0.05, 0.1) is 18.4 Å². The first kappa shape index (κ1) is 15.7. The zero-order valence-electron chi connectivity index (χ0n) is 11.1. The summed E-state index contributed by atoms with van der Waals surface area (Å²) in [6, 6.07) is 2.13. The van der Waals surface area contributed by atoms with Crippen LogP contribution in [0.2, 0.25) is 5.02 Å². The molecule has 2 aromatic rings. The molecule has 0 spiro atoms. The highest BCUT2D eigenvalue weighted by Crippen LogP contribution is 2.25. The fourth-order valence-corrected chi connectivity index (χ4v) is 3.00. The number of benzene rings is 1. The number of nitrogens with one attached hydrogen (secondary N) is 1. The van der Waals surface area contributed by atoms with Gasteiger partial charge in [-0.1, -0.05) is 18.5 Å². The molecule has 1 aromatic heterocycles. The third-order valence-electron chi connectivity index (χ3n) is 2.68. The number of rotatable bonds is 5. The second-order valence-corrected chi connectivity index (χ2v) is 6.38. The molecule has 0 aliphatic heterocycles. The van der Waals surface area contributed by atoms with E-state index in [4.69, 9.17) is 21.8 Å². The number of halogens is 2. The van der Waals surface area contributed by atoms with Gasteiger partial charge in [-0.25, -0.2) is 22.5 Å². The third kappa shape index (κ3) is 3.52. The molecule has 1 aromatic carbocycles. The van der Waals surface area contributed by atoms with E-state index in [0.717, 1.165) is 12.1 Å². The molecule has 3 N–H and O–H groups in total. The Labute approximate surface area is 126 Å². The molecule has 0 radical (unpaired) electrons. The molecule has 9 heteroatoms. The summed E-state index contributed by atoms with van der Waals surface area (Å²) in [6.45, 7) is 1.67. The maximum Gasteiger partial charge on any atom is 0.244 e. The molecule has 0 bridgehead atoms. The average molecular weight is 334 g/mol. The Morgan fingerprint density at radius 3 is 2.81 bits per heavy atom. The van der Waals surface area contributed by atoms with Gasteiger partial charge in [0.15, 0.2) is 5.82 Å². The van der Waals surface area contributed by atoms with Crippen LogP contribution in [0.25, 0.3) is 0 Å². The van der Waals surface area contributed by atoms with Gasteiger partial charge in [0.2, 0.25) is 15.9 Å². The molecule has 0 aliphatic carbocycles. The molecule has 0 saturated carbocycles. The minimum atomic E-state index is -4.12. The van der Waals surface area contributed by atoms with E-state index >= 15 is 0 Å². The van der Waals surface area contributed by atoms with Crippen molar-refractivity contribution in [3.63, 3.8) is 0 Å². The molecular formula is C12H13ClFN3O3S. The molecule has 0 amide bonds. The van der Waals surface area contributed by atoms with Gasteiger partial charge in [-0.3, -0.25) is 0 Å². The van der Waals surface area contributed by atoms with Crippen molar-refractivity contribution >= 4 is 27.3 Å². The highest BCUT2D eigenvalue weighted by Gasteiger charge is 2.22. The summed E-state index contributed by atoms with van der Waals surface area (Å²) < 4.78 is 45.4. The number of nitrogens with two attached hydrogens (primary N) is 1. The van der Waals surface area contributed by atoms with Crippen LogP contribution in [0.3, 0.4) is 0 Å². The normalized spacial score (nSPS) is 11.8. The Morgan fingerprint density at radius 1 is 1.48 bits per heavy atom. The van der Waals surface area contributed by atoms with Crippen LogP contribution in [-0.2, 0) is 23.0 Å². The van der Waals surface area contributed by atoms with Crippen molar-refractivity contribution in [1.82, 2.24) is 9.71 Å². The predicted octanol–water partition coefficient (Wildman–Crippen LogP) is 2.09. The average Bonchev–Trinajstić information content (AvgIpc) is 2.88. The van der Waals surface area contributed by atoms with Gasteiger partial charge >= 0.3 is 0 Å². The monoisotopic (exact) mass is 333 g/mol. The van der Waals surface area contributed by atoms with Crippen molar-refractivity contribution in [3.05, 3.63) is 40.8 Å². The molecule has 0 saturated heterocycles. The lowest BCUT2D eigenvalue weighted by Crippen LogP contribution is -2.24. The molecule has 21 heavy (non-hydrogen) atoms. The van der Waals surface area contributed by atoms with Gasteiger partial charge in [-0.2, -0.15) is 0 Å². The highest BCUT2D eigenvalue weighted by molar-refractivity contribution is 7.89. The lowest BCUT2D eigenvalue weighted by atomic mass is 10.3. The zero-order chi connectivity index (χ0) is 15.6. The Morgan fingerprint density at radius 2 is 2.19 bits per heavy atom. The number of sulfonamides is 1. The van der Waals surface area contributed by atoms with Crippen LogP contribution in [0.5, 0.6) is 0 Å². The van der Waals surface area contributed by atoms with Crippen LogP contribution >= 0.6 is 11.6 Å². The Balaban J connectivity index is 2.22. The predicted molar refractivity (Wildman–Crippen MR) is 75.7 cm³/mol. The maximum absolute atomic E-state index is 13.8. The summed E-state index contributed by atoms with van der Waals surface area (Å²) in [5.41, 5.74) is 5.02. The summed E-state index contributed by atoms with van der Waals surface area (Å²) in [5, 5.41) is 0.0265. The van der Waals surface area contributed by atoms with Crippen LogP contribution in [-0.4, -0.2) is 13.4 Å². The second-order valence-electron chi connectivity index (χ2n) is 4.21. The van der Waals surface area contributed by atoms with Crippen LogP contribution in [0.1, 0.15) is 18.6 Å². The van der Waals surface area contributed by atoms with E-state index in [2.05, 4.69) is 9.71 Å². The fourth-order valence-electron chi connectivity index (χ4n) is 1.61. The van der Waals surface area contributed by atoms with E-state index in [-0.39, 0.29) is 23.1 Å². The van der Waals surface area contributed by atoms with Gasteiger partial charge in [0.1, 0.15) is 10.7 Å². The largest absolute Gasteiger partial charge is 0.444 e. The lowest BCUT2D eigenvalue weighted by molar-refractivity contribution is 0.451. The van der Waals surface area contributed by atoms with E-state index in [0.29, 0.717) is 12.2 Å². The van der Waals surface area contributed by atoms with Crippen LogP contribution in [0, 0.1) is 5.82 Å². The van der Waals surface area contributed by atoms with Crippen molar-refractivity contribution < 1.29 is 17.2 Å². The first-order chi connectivity index (χ1) is 9.83. The number of anilines is 1. The summed E-state index contributed by atoms with van der Waals surface area (Å²) in [6.07, 6.45) is 2.14. The number of hydrogen-bond acceptors (Lipinski definition) is 5. The van der Waals surface area contributed by atoms with E-state index in [1.807, 2.05) is 6.92 Å². The summed E-state index contributed by atoms with van der Waals surface area (Å²) in [7, 11) is -4.12. The first-order valence-electron chi connectivity index (χ1n) is 6.01. The van der Waals surface area contributed by atoms with Crippen LogP contribution in [0.15, 0.2) is 27.6 Å². The van der Waals surface area contributed by atoms with Gasteiger partial charge in [-0.05, 0) is 12.1 Å². The van der Waals surface area contributed by atoms with Crippen molar-refractivity contribution in [3.8, 4) is 0 Å². The standard InChI is InChI=1S/C12H13ClFN3O3S/c1-2-8-5-16-11(20-8)6-17-21(18,19)10-4-7(13)3-9(15)12(10)14/h3-5,17H,2,6,15H2,1H3. The molecule has 0 unspecified atom stereocenters. The number of aryl methyl sites for hydroxylation is 1. The van der Waals surface area contributed by atoms with Gasteiger partial charge in [-0.15, -0.1) is 0 Å². The van der Waals surface area contributed by atoms with E-state index < -0.39 is 20.7 Å². The Kier molecular flexibility index (Phi) is 4.50. The van der Waals surface area contributed by atoms with Crippen LogP contribution in [0.4, 0.5) is 10.1 Å². The molecule has 1 heterocycles. The van der Waals surface area contributed by atoms with Gasteiger partial charge in [0.25, 0.3) is 0 Å². The van der Waals surface area contributed by atoms with E-state index in [1.54, 1.807) is 0 Å². The number of oxazole rings is 1. The van der Waals surface area contributed by atoms with E-state index in [1.165, 1.54) is 6.20 Å². The highest BCUT2D eigenvalue weighted by atomic mass is 35.5. The van der Waals surface area contributed by atoms with Gasteiger partial charge in [0, 0.05) is 11.4 Å². The number of aromatic nitrogens is 1. The fraction of sp³-hybridized carbons (Fsp3) is 0.250. The molecule has 2 rings (SSSR count). The van der Waals surface area contributed by atoms with Crippen molar-refractivity contribution in [1.29, 1.82) is 0 Å². The molecule has 114 valence electrons. The molecule has 6 nitrogen and oxygen atoms in total. The molecule has 0 atom stereocenters. The quantitative estimate of drug-likeness (QED) is 0.816. The zero-order valence-corrected chi connectivity index (χ0v) is 12.6. The van der Waals surface area contributed by atoms with Crippen molar-refractivity contribution in [2.45, 2.75) is 24.8 Å². The Bertz CT molecular complexity index is 761. The molecular weight excluding hydrogens is 321 g/mol. The number of nitrogen functional groups attached to an aromatic ring is 1. The summed E-state index contributed by atoms with van der Waals surface area (Å²) in [4.78, 5) is 3.29. The van der Waals surface area contributed by atoms with Crippen LogP contribution < -0.4 is 10.5 Å². The summed E-state index contributed by atoms with van der Waals surface area (Å²) in [5.74, 6) is -0.234. The lowest BCUT2D eigenvalue weighted by Gasteiger charge is -2.08. The maximum atomic E-state index is 13.8. The van der Waals surface area contributed by atoms with Crippen molar-refractivity contribution in [2.24, 2.45) is 0 Å². The minimum absolute atomic E-state index is 0.0265. The van der Waals surface area contributed by atoms with Gasteiger partial charge < -0.3 is 10.2 Å². The molecule has 0 fully saturated rings. The minimum Gasteiger partial charge on any atom is -0.444 e. The number of hydrogen-bond donors (Lipinski definition) is 2. The Hall–Kier alpha value is -1.64. The van der Waals surface area contributed by atoms with Crippen molar-refractivity contribution in [2.75, 3.05) is 5.73 Å². The summed E-state index contributed by atoms with van der Waals surface area (Å²) >= 11 is 5.70.